The fraction of sp³-hybridized carbons (Fsp3) is 0. The first-order valence-corrected chi connectivity index (χ1v) is 6.53. The zero-order valence-electron chi connectivity index (χ0n) is 9.17. The molecule has 0 bridgehead atoms. The molecule has 2 aromatic carbocycles. The van der Waals surface area contributed by atoms with Gasteiger partial charge in [0.25, 0.3) is 5.69 Å². The van der Waals surface area contributed by atoms with Crippen molar-refractivity contribution in [2.75, 3.05) is 0 Å². The molecule has 0 aliphatic rings. The van der Waals surface area contributed by atoms with E-state index in [1.807, 2.05) is 0 Å². The summed E-state index contributed by atoms with van der Waals surface area (Å²) >= 11 is 0. The first-order chi connectivity index (χ1) is 8.58. The third-order valence-electron chi connectivity index (χ3n) is 2.43. The molecule has 0 amide bonds. The van der Waals surface area contributed by atoms with Crippen LogP contribution in [0.1, 0.15) is 0 Å². The van der Waals surface area contributed by atoms with Crippen molar-refractivity contribution >= 4 is 24.1 Å². The molecule has 92 valence electrons. The molecule has 0 aromatic heterocycles. The Bertz CT molecular complexity index is 613. The fourth-order valence-corrected chi connectivity index (χ4v) is 2.86. The summed E-state index contributed by atoms with van der Waals surface area (Å²) in [5, 5.41) is 11.5. The van der Waals surface area contributed by atoms with Crippen LogP contribution in [0.2, 0.25) is 0 Å². The number of nitro benzene ring substituents is 1. The van der Waals surface area contributed by atoms with E-state index < -0.39 is 18.5 Å². The number of halogens is 1. The van der Waals surface area contributed by atoms with Gasteiger partial charge in [-0.25, -0.2) is 4.39 Å². The number of non-ortho nitro benzene ring substituents is 1. The number of hydrogen-bond acceptors (Lipinski definition) is 3. The highest BCUT2D eigenvalue weighted by atomic mass is 31.1. The molecule has 2 rings (SSSR count). The summed E-state index contributed by atoms with van der Waals surface area (Å²) in [5.74, 6) is -0.410. The average Bonchev–Trinajstić information content (AvgIpc) is 2.39. The molecule has 0 aliphatic heterocycles. The highest BCUT2D eigenvalue weighted by Crippen LogP contribution is 2.22. The van der Waals surface area contributed by atoms with Crippen LogP contribution in [0.15, 0.2) is 48.5 Å². The summed E-state index contributed by atoms with van der Waals surface area (Å²) in [7, 11) is -2.34. The lowest BCUT2D eigenvalue weighted by atomic mass is 10.3. The standard InChI is InChI=1S/C12H9FNO3P/c13-9-4-6-11(7-5-9)18(17)12-3-1-2-10(8-12)14(15)16/h1-8,18H. The first-order valence-electron chi connectivity index (χ1n) is 5.12. The van der Waals surface area contributed by atoms with Gasteiger partial charge in [-0.05, 0) is 24.3 Å². The van der Waals surface area contributed by atoms with Crippen LogP contribution in [0.5, 0.6) is 0 Å². The minimum atomic E-state index is -2.34. The molecule has 0 N–H and O–H groups in total. The summed E-state index contributed by atoms with van der Waals surface area (Å²) < 4.78 is 24.9. The van der Waals surface area contributed by atoms with E-state index in [9.17, 15) is 19.1 Å². The topological polar surface area (TPSA) is 60.2 Å². The van der Waals surface area contributed by atoms with Crippen molar-refractivity contribution < 1.29 is 13.9 Å². The second-order valence-electron chi connectivity index (χ2n) is 3.64. The number of nitro groups is 1. The third-order valence-corrected chi connectivity index (χ3v) is 4.12. The summed E-state index contributed by atoms with van der Waals surface area (Å²) in [5.41, 5.74) is -0.104. The smallest absolute Gasteiger partial charge is 0.270 e. The molecule has 2 aromatic rings. The molecule has 0 fully saturated rings. The van der Waals surface area contributed by atoms with E-state index in [1.165, 1.54) is 42.5 Å². The predicted molar refractivity (Wildman–Crippen MR) is 67.8 cm³/mol. The molecular formula is C12H9FNO3P. The molecule has 1 atom stereocenters. The zero-order chi connectivity index (χ0) is 13.1. The summed E-state index contributed by atoms with van der Waals surface area (Å²) in [6.07, 6.45) is 0. The van der Waals surface area contributed by atoms with E-state index in [1.54, 1.807) is 6.07 Å². The van der Waals surface area contributed by atoms with E-state index >= 15 is 0 Å². The van der Waals surface area contributed by atoms with Crippen molar-refractivity contribution in [1.82, 2.24) is 0 Å². The van der Waals surface area contributed by atoms with E-state index in [0.29, 0.717) is 10.6 Å². The van der Waals surface area contributed by atoms with E-state index in [0.717, 1.165) is 0 Å². The predicted octanol–water partition coefficient (Wildman–Crippen LogP) is 2.24. The summed E-state index contributed by atoms with van der Waals surface area (Å²) in [4.78, 5) is 10.1. The third kappa shape index (κ3) is 2.63. The lowest BCUT2D eigenvalue weighted by molar-refractivity contribution is -0.384. The number of rotatable bonds is 3. The molecule has 1 unspecified atom stereocenters. The van der Waals surface area contributed by atoms with Crippen molar-refractivity contribution in [3.8, 4) is 0 Å². The second kappa shape index (κ2) is 5.10. The van der Waals surface area contributed by atoms with Crippen molar-refractivity contribution in [2.24, 2.45) is 0 Å². The minimum absolute atomic E-state index is 0.104. The van der Waals surface area contributed by atoms with Gasteiger partial charge in [-0.2, -0.15) is 0 Å². The van der Waals surface area contributed by atoms with Gasteiger partial charge in [-0.15, -0.1) is 0 Å². The SMILES string of the molecule is O=[N+]([O-])c1cccc([PH](=O)c2ccc(F)cc2)c1. The second-order valence-corrected chi connectivity index (χ2v) is 5.46. The van der Waals surface area contributed by atoms with Crippen molar-refractivity contribution in [3.05, 3.63) is 64.5 Å². The minimum Gasteiger partial charge on any atom is -0.317 e. The molecule has 0 spiro atoms. The maximum absolute atomic E-state index is 12.7. The van der Waals surface area contributed by atoms with Crippen LogP contribution < -0.4 is 10.6 Å². The van der Waals surface area contributed by atoms with Gasteiger partial charge in [0.15, 0.2) is 0 Å². The van der Waals surface area contributed by atoms with E-state index in [4.69, 9.17) is 0 Å². The molecule has 4 nitrogen and oxygen atoms in total. The van der Waals surface area contributed by atoms with E-state index in [2.05, 4.69) is 0 Å². The summed E-state index contributed by atoms with van der Waals surface area (Å²) in [6.45, 7) is 0. The Morgan fingerprint density at radius 1 is 1.06 bits per heavy atom. The Morgan fingerprint density at radius 2 is 1.72 bits per heavy atom. The highest BCUT2D eigenvalue weighted by molar-refractivity contribution is 7.61. The van der Waals surface area contributed by atoms with Gasteiger partial charge in [0, 0.05) is 22.7 Å². The molecule has 0 aliphatic carbocycles. The van der Waals surface area contributed by atoms with Gasteiger partial charge in [-0.3, -0.25) is 10.1 Å². The monoisotopic (exact) mass is 265 g/mol. The zero-order valence-corrected chi connectivity index (χ0v) is 10.2. The first kappa shape index (κ1) is 12.5. The Morgan fingerprint density at radius 3 is 2.33 bits per heavy atom. The molecule has 0 heterocycles. The molecule has 0 radical (unpaired) electrons. The van der Waals surface area contributed by atoms with Crippen LogP contribution in [0.4, 0.5) is 10.1 Å². The number of hydrogen-bond donors (Lipinski definition) is 0. The van der Waals surface area contributed by atoms with Crippen molar-refractivity contribution in [2.45, 2.75) is 0 Å². The van der Waals surface area contributed by atoms with Crippen LogP contribution in [0, 0.1) is 15.9 Å². The van der Waals surface area contributed by atoms with Crippen molar-refractivity contribution in [3.63, 3.8) is 0 Å². The quantitative estimate of drug-likeness (QED) is 0.485. The van der Waals surface area contributed by atoms with Crippen LogP contribution in [-0.4, -0.2) is 4.92 Å². The Kier molecular flexibility index (Phi) is 3.53. The van der Waals surface area contributed by atoms with Crippen LogP contribution >= 0.6 is 7.80 Å². The maximum atomic E-state index is 12.7. The molecule has 0 saturated carbocycles. The highest BCUT2D eigenvalue weighted by Gasteiger charge is 2.11. The largest absolute Gasteiger partial charge is 0.317 e. The van der Waals surface area contributed by atoms with Gasteiger partial charge in [-0.1, -0.05) is 12.1 Å². The molecule has 18 heavy (non-hydrogen) atoms. The average molecular weight is 265 g/mol. The molecule has 0 saturated heterocycles. The molecule has 6 heteroatoms. The fourth-order valence-electron chi connectivity index (χ4n) is 1.53. The van der Waals surface area contributed by atoms with Gasteiger partial charge in [0.2, 0.25) is 0 Å². The summed E-state index contributed by atoms with van der Waals surface area (Å²) in [6, 6.07) is 11.0. The normalized spacial score (nSPS) is 12.1. The van der Waals surface area contributed by atoms with Gasteiger partial charge in [0.05, 0.1) is 4.92 Å². The van der Waals surface area contributed by atoms with Crippen LogP contribution in [-0.2, 0) is 4.57 Å². The van der Waals surface area contributed by atoms with Gasteiger partial charge in [0.1, 0.15) is 13.6 Å². The van der Waals surface area contributed by atoms with E-state index in [-0.39, 0.29) is 5.69 Å². The Hall–Kier alpha value is -2.00. The van der Waals surface area contributed by atoms with Crippen molar-refractivity contribution in [1.29, 1.82) is 0 Å². The Labute approximate surface area is 103 Å². The number of nitrogens with zero attached hydrogens (tertiary/aromatic N) is 1. The maximum Gasteiger partial charge on any atom is 0.270 e. The lowest BCUT2D eigenvalue weighted by Gasteiger charge is -2.02. The molecular weight excluding hydrogens is 256 g/mol. The number of benzene rings is 2. The lowest BCUT2D eigenvalue weighted by Crippen LogP contribution is -2.07. The Balaban J connectivity index is 2.37. The van der Waals surface area contributed by atoms with Crippen LogP contribution in [0.3, 0.4) is 0 Å². The van der Waals surface area contributed by atoms with Crippen LogP contribution in [0.25, 0.3) is 0 Å². The van der Waals surface area contributed by atoms with Gasteiger partial charge < -0.3 is 4.57 Å². The van der Waals surface area contributed by atoms with Gasteiger partial charge >= 0.3 is 0 Å².